The molecule has 1 fully saturated rings. The van der Waals surface area contributed by atoms with Gasteiger partial charge in [-0.15, -0.1) is 0 Å². The zero-order valence-corrected chi connectivity index (χ0v) is 32.1. The molecular weight excluding hydrogens is 652 g/mol. The molecule has 9 heteroatoms. The molecule has 2 aliphatic heterocycles. The van der Waals surface area contributed by atoms with Gasteiger partial charge in [-0.3, -0.25) is 14.4 Å². The molecule has 5 heterocycles. The third-order valence-corrected chi connectivity index (χ3v) is 11.6. The smallest absolute Gasteiger partial charge is 0.319 e. The molecule has 0 radical (unpaired) electrons. The van der Waals surface area contributed by atoms with E-state index in [-0.39, 0.29) is 30.8 Å². The van der Waals surface area contributed by atoms with Crippen molar-refractivity contribution in [2.75, 3.05) is 6.61 Å². The Morgan fingerprint density at radius 1 is 0.923 bits per heavy atom. The molecule has 1 saturated heterocycles. The summed E-state index contributed by atoms with van der Waals surface area (Å²) in [5, 5.41) is 16.1. The van der Waals surface area contributed by atoms with Crippen molar-refractivity contribution in [1.29, 1.82) is 0 Å². The Bertz CT molecular complexity index is 2160. The third-order valence-electron chi connectivity index (χ3n) is 11.6. The molecule has 52 heavy (non-hydrogen) atoms. The second kappa shape index (κ2) is 14.7. The molecule has 3 atom stereocenters. The average Bonchev–Trinajstić information content (AvgIpc) is 3.82. The molecule has 5 N–H and O–H groups in total. The van der Waals surface area contributed by atoms with Crippen molar-refractivity contribution in [3.8, 4) is 0 Å². The van der Waals surface area contributed by atoms with E-state index in [1.165, 1.54) is 17.6 Å². The topological polar surface area (TPSA) is 140 Å². The van der Waals surface area contributed by atoms with Crippen LogP contribution in [0, 0.1) is 51.4 Å². The summed E-state index contributed by atoms with van der Waals surface area (Å²) in [7, 11) is 0. The van der Waals surface area contributed by atoms with Crippen LogP contribution in [-0.4, -0.2) is 44.4 Å². The van der Waals surface area contributed by atoms with E-state index in [1.807, 2.05) is 19.1 Å². The number of ketones is 1. The summed E-state index contributed by atoms with van der Waals surface area (Å²) in [6, 6.07) is 0. The standard InChI is InChI=1S/C43H54N4O5/c1-10-28-25(7)32-18-30-23(5)24(6)31(44-30)19-33-26(8)29(14-15-36(48)52-17-16-22(4)13-11-12-21(2)3)40(46-33)38-39(43(50)51)42(49)37-27(9)34(47-41(37)38)20-35(28)45-32/h16,18-21,26,29,39,44-47H,10-15,17H2,1-9H3,(H,50,51)/b22-16-,32-18-,33-19-,35-20-,40-38-/t26-,29-,39+/m0/s1. The highest BCUT2D eigenvalue weighted by Crippen LogP contribution is 2.48. The first kappa shape index (κ1) is 37.0. The number of esters is 1. The Kier molecular flexibility index (Phi) is 10.4. The summed E-state index contributed by atoms with van der Waals surface area (Å²) < 4.78 is 5.65. The number of nitrogens with one attached hydrogen (secondary N) is 4. The average molecular weight is 707 g/mol. The van der Waals surface area contributed by atoms with Gasteiger partial charge in [0.1, 0.15) is 12.5 Å². The Balaban J connectivity index is 1.45. The Hall–Kier alpha value is -4.79. The molecule has 3 aliphatic rings. The van der Waals surface area contributed by atoms with E-state index in [1.54, 1.807) is 0 Å². The van der Waals surface area contributed by atoms with Crippen LogP contribution < -0.4 is 16.0 Å². The van der Waals surface area contributed by atoms with Crippen molar-refractivity contribution in [3.05, 3.63) is 89.9 Å². The monoisotopic (exact) mass is 706 g/mol. The summed E-state index contributed by atoms with van der Waals surface area (Å²) in [6.45, 7) is 19.2. The van der Waals surface area contributed by atoms with E-state index in [4.69, 9.17) is 4.74 Å². The lowest BCUT2D eigenvalue weighted by Crippen LogP contribution is -2.24. The van der Waals surface area contributed by atoms with Crippen LogP contribution in [0.5, 0.6) is 0 Å². The fourth-order valence-electron chi connectivity index (χ4n) is 8.26. The van der Waals surface area contributed by atoms with Crippen LogP contribution in [0.25, 0.3) is 23.8 Å². The van der Waals surface area contributed by atoms with Crippen LogP contribution in [0.15, 0.2) is 23.0 Å². The zero-order valence-electron chi connectivity index (χ0n) is 32.1. The summed E-state index contributed by atoms with van der Waals surface area (Å²) in [6.07, 6.45) is 13.0. The number of carbonyl (C=O) groups excluding carboxylic acids is 2. The zero-order chi connectivity index (χ0) is 37.6. The molecule has 1 aliphatic carbocycles. The predicted molar refractivity (Wildman–Crippen MR) is 206 cm³/mol. The molecule has 0 saturated carbocycles. The number of aromatic nitrogens is 3. The van der Waals surface area contributed by atoms with Gasteiger partial charge in [0.25, 0.3) is 0 Å². The second-order valence-electron chi connectivity index (χ2n) is 15.5. The number of fused-ring (bicyclic) bond motifs is 7. The predicted octanol–water partition coefficient (Wildman–Crippen LogP) is 7.04. The van der Waals surface area contributed by atoms with Crippen molar-refractivity contribution < 1.29 is 24.2 Å². The highest BCUT2D eigenvalue weighted by atomic mass is 16.5. The van der Waals surface area contributed by atoms with Gasteiger partial charge in [0, 0.05) is 68.6 Å². The normalized spacial score (nSPS) is 23.2. The summed E-state index contributed by atoms with van der Waals surface area (Å²) in [4.78, 5) is 50.8. The number of aliphatic carboxylic acids is 1. The maximum Gasteiger partial charge on any atom is 0.319 e. The quantitative estimate of drug-likeness (QED) is 0.0824. The van der Waals surface area contributed by atoms with Gasteiger partial charge in [-0.2, -0.15) is 0 Å². The first-order valence-electron chi connectivity index (χ1n) is 18.9. The third kappa shape index (κ3) is 6.77. The molecule has 3 aromatic heterocycles. The maximum absolute atomic E-state index is 14.0. The SMILES string of the molecule is CCc1c(C)/c2[nH]/c1=C\c1[nH]c3c(c1C)C(=O)[C@H](C(=O)O)/C3=C1/N/C(=C\c3[nH]c(c(C)c3C)\C=2)[C@@H](C)[C@@H]1CCC(=O)OC/C=C(/C)CCCC(C)C. The van der Waals surface area contributed by atoms with E-state index >= 15 is 0 Å². The van der Waals surface area contributed by atoms with Gasteiger partial charge in [-0.25, -0.2) is 0 Å². The second-order valence-corrected chi connectivity index (χ2v) is 15.5. The number of carbonyl (C=O) groups is 3. The van der Waals surface area contributed by atoms with Crippen LogP contribution in [0.2, 0.25) is 0 Å². The highest BCUT2D eigenvalue weighted by Gasteiger charge is 2.48. The number of rotatable bonds is 11. The van der Waals surface area contributed by atoms with E-state index in [2.05, 4.69) is 87.8 Å². The number of H-pyrrole nitrogens is 3. The van der Waals surface area contributed by atoms with E-state index in [0.717, 1.165) is 75.0 Å². The maximum atomic E-state index is 14.0. The lowest BCUT2D eigenvalue weighted by Gasteiger charge is -2.19. The lowest BCUT2D eigenvalue weighted by atomic mass is 9.85. The van der Waals surface area contributed by atoms with Gasteiger partial charge in [0.15, 0.2) is 5.78 Å². The summed E-state index contributed by atoms with van der Waals surface area (Å²) >= 11 is 0. The van der Waals surface area contributed by atoms with Gasteiger partial charge >= 0.3 is 11.9 Å². The minimum atomic E-state index is -1.36. The molecule has 276 valence electrons. The summed E-state index contributed by atoms with van der Waals surface area (Å²) in [5.74, 6) is -2.96. The Morgan fingerprint density at radius 2 is 1.60 bits per heavy atom. The van der Waals surface area contributed by atoms with Gasteiger partial charge in [-0.05, 0) is 118 Å². The molecule has 3 aromatic rings. The van der Waals surface area contributed by atoms with Crippen molar-refractivity contribution in [1.82, 2.24) is 20.3 Å². The van der Waals surface area contributed by atoms with Crippen LogP contribution in [0.4, 0.5) is 0 Å². The minimum absolute atomic E-state index is 0.0971. The largest absolute Gasteiger partial charge is 0.480 e. The first-order valence-corrected chi connectivity index (χ1v) is 18.9. The Morgan fingerprint density at radius 3 is 2.27 bits per heavy atom. The van der Waals surface area contributed by atoms with Crippen molar-refractivity contribution >= 4 is 41.5 Å². The van der Waals surface area contributed by atoms with Crippen molar-refractivity contribution in [2.24, 2.45) is 23.7 Å². The van der Waals surface area contributed by atoms with Gasteiger partial charge in [-0.1, -0.05) is 39.7 Å². The molecule has 0 spiro atoms. The number of hydrogen-bond acceptors (Lipinski definition) is 5. The fourth-order valence-corrected chi connectivity index (χ4v) is 8.26. The molecule has 6 rings (SSSR count). The number of hydrogen-bond donors (Lipinski definition) is 5. The lowest BCUT2D eigenvalue weighted by molar-refractivity contribution is -0.143. The molecule has 8 bridgehead atoms. The van der Waals surface area contributed by atoms with Crippen LogP contribution in [0.3, 0.4) is 0 Å². The van der Waals surface area contributed by atoms with E-state index in [0.29, 0.717) is 34.9 Å². The number of ether oxygens (including phenoxy) is 1. The number of Topliss-reactive ketones (excluding diaryl/α,β-unsaturated/α-hetero) is 1. The van der Waals surface area contributed by atoms with E-state index in [9.17, 15) is 19.5 Å². The summed E-state index contributed by atoms with van der Waals surface area (Å²) in [5.41, 5.74) is 12.2. The van der Waals surface area contributed by atoms with Gasteiger partial charge in [0.05, 0.1) is 5.69 Å². The molecule has 0 unspecified atom stereocenters. The van der Waals surface area contributed by atoms with Crippen LogP contribution >= 0.6 is 0 Å². The number of aromatic amines is 3. The fraction of sp³-hybridized carbons (Fsp3) is 0.465. The van der Waals surface area contributed by atoms with E-state index < -0.39 is 17.7 Å². The Labute approximate surface area is 306 Å². The molecule has 0 amide bonds. The number of carboxylic acids is 1. The molecule has 9 nitrogen and oxygen atoms in total. The minimum Gasteiger partial charge on any atom is -0.480 e. The van der Waals surface area contributed by atoms with Crippen molar-refractivity contribution in [2.45, 2.75) is 101 Å². The van der Waals surface area contributed by atoms with Gasteiger partial charge in [0.2, 0.25) is 0 Å². The number of allylic oxidation sites excluding steroid dienone is 3. The van der Waals surface area contributed by atoms with Crippen molar-refractivity contribution in [3.63, 3.8) is 0 Å². The van der Waals surface area contributed by atoms with Crippen LogP contribution in [0.1, 0.15) is 128 Å². The van der Waals surface area contributed by atoms with Crippen LogP contribution in [-0.2, 0) is 20.7 Å². The highest BCUT2D eigenvalue weighted by molar-refractivity contribution is 6.24. The number of carboxylic acid groups (broad SMARTS) is 1. The molecular formula is C43H54N4O5. The molecule has 0 aromatic carbocycles. The first-order chi connectivity index (χ1) is 24.7. The van der Waals surface area contributed by atoms with Gasteiger partial charge < -0.3 is 30.1 Å².